The molecule has 3 rings (SSSR count). The molecular weight excluding hydrogens is 372 g/mol. The number of fused-ring (bicyclic) bond motifs is 1. The Hall–Kier alpha value is -2.61. The smallest absolute Gasteiger partial charge is 0.318 e. The molecule has 1 unspecified atom stereocenters. The van der Waals surface area contributed by atoms with E-state index >= 15 is 0 Å². The van der Waals surface area contributed by atoms with E-state index in [-0.39, 0.29) is 30.8 Å². The fourth-order valence-electron chi connectivity index (χ4n) is 4.28. The van der Waals surface area contributed by atoms with E-state index in [2.05, 4.69) is 22.8 Å². The van der Waals surface area contributed by atoms with Gasteiger partial charge in [-0.2, -0.15) is 0 Å². The summed E-state index contributed by atoms with van der Waals surface area (Å²) in [5, 5.41) is 14.9. The summed E-state index contributed by atoms with van der Waals surface area (Å²) in [6.45, 7) is 0.186. The van der Waals surface area contributed by atoms with Crippen LogP contribution in [0.5, 0.6) is 0 Å². The molecule has 0 radical (unpaired) electrons. The van der Waals surface area contributed by atoms with Crippen LogP contribution in [0.3, 0.4) is 0 Å². The number of amides is 4. The van der Waals surface area contributed by atoms with Crippen LogP contribution in [0.25, 0.3) is 0 Å². The molecule has 1 aromatic rings. The molecule has 1 fully saturated rings. The summed E-state index contributed by atoms with van der Waals surface area (Å²) in [6.07, 6.45) is 4.47. The van der Waals surface area contributed by atoms with Crippen molar-refractivity contribution in [3.8, 4) is 0 Å². The van der Waals surface area contributed by atoms with Crippen molar-refractivity contribution in [1.29, 1.82) is 0 Å². The minimum Gasteiger partial charge on any atom is -0.376 e. The topological polar surface area (TPSA) is 102 Å². The van der Waals surface area contributed by atoms with Gasteiger partial charge in [-0.1, -0.05) is 24.3 Å². The summed E-state index contributed by atoms with van der Waals surface area (Å²) in [5.41, 5.74) is 2.45. The highest BCUT2D eigenvalue weighted by Crippen LogP contribution is 2.30. The lowest BCUT2D eigenvalue weighted by Crippen LogP contribution is -2.48. The Kier molecular flexibility index (Phi) is 7.09. The first-order valence-corrected chi connectivity index (χ1v) is 10.3. The standard InChI is InChI=1S/C21H30N4O4/c1-22-21(29)24(14-26)13-11-19(27)25-12-5-10-18(25)20(28)23-17-9-4-7-15-6-2-3-8-16(15)17/h2-3,6,8,17-18,26H,4-5,7,9-14H2,1H3,(H,22,29)(H,23,28)/t17-,18?/m1/s1. The maximum Gasteiger partial charge on any atom is 0.318 e. The molecule has 0 bridgehead atoms. The van der Waals surface area contributed by atoms with E-state index in [1.54, 1.807) is 4.90 Å². The first-order chi connectivity index (χ1) is 14.0. The molecule has 8 heteroatoms. The van der Waals surface area contributed by atoms with Crippen LogP contribution < -0.4 is 10.6 Å². The zero-order valence-electron chi connectivity index (χ0n) is 16.9. The fourth-order valence-corrected chi connectivity index (χ4v) is 4.28. The molecule has 2 atom stereocenters. The van der Waals surface area contributed by atoms with Gasteiger partial charge in [0.2, 0.25) is 11.8 Å². The van der Waals surface area contributed by atoms with Gasteiger partial charge in [0.15, 0.2) is 0 Å². The third kappa shape index (κ3) is 4.87. The van der Waals surface area contributed by atoms with E-state index in [1.807, 2.05) is 12.1 Å². The molecule has 1 saturated heterocycles. The van der Waals surface area contributed by atoms with Crippen molar-refractivity contribution in [2.75, 3.05) is 26.9 Å². The molecule has 1 aliphatic carbocycles. The van der Waals surface area contributed by atoms with E-state index < -0.39 is 18.8 Å². The summed E-state index contributed by atoms with van der Waals surface area (Å²) < 4.78 is 0. The number of carbonyl (C=O) groups excluding carboxylic acids is 3. The van der Waals surface area contributed by atoms with Gasteiger partial charge in [-0.15, -0.1) is 0 Å². The summed E-state index contributed by atoms with van der Waals surface area (Å²) in [7, 11) is 1.47. The number of aliphatic hydroxyl groups excluding tert-OH is 1. The van der Waals surface area contributed by atoms with Crippen LogP contribution in [-0.2, 0) is 16.0 Å². The Labute approximate surface area is 171 Å². The number of nitrogens with one attached hydrogen (secondary N) is 2. The van der Waals surface area contributed by atoms with Gasteiger partial charge in [0.05, 0.1) is 6.04 Å². The highest BCUT2D eigenvalue weighted by molar-refractivity contribution is 5.88. The van der Waals surface area contributed by atoms with Crippen LogP contribution in [0.2, 0.25) is 0 Å². The highest BCUT2D eigenvalue weighted by atomic mass is 16.3. The summed E-state index contributed by atoms with van der Waals surface area (Å²) in [5.74, 6) is -0.281. The average Bonchev–Trinajstić information content (AvgIpc) is 3.24. The van der Waals surface area contributed by atoms with Crippen LogP contribution >= 0.6 is 0 Å². The SMILES string of the molecule is CNC(=O)N(CO)CCC(=O)N1CCCC1C(=O)N[C@@H]1CCCc2ccccc21. The lowest BCUT2D eigenvalue weighted by molar-refractivity contribution is -0.139. The lowest BCUT2D eigenvalue weighted by atomic mass is 9.87. The number of hydrogen-bond acceptors (Lipinski definition) is 4. The van der Waals surface area contributed by atoms with E-state index in [9.17, 15) is 19.5 Å². The van der Waals surface area contributed by atoms with Crippen molar-refractivity contribution in [3.63, 3.8) is 0 Å². The number of carbonyl (C=O) groups is 3. The van der Waals surface area contributed by atoms with Gasteiger partial charge < -0.3 is 25.5 Å². The van der Waals surface area contributed by atoms with Crippen molar-refractivity contribution >= 4 is 17.8 Å². The Morgan fingerprint density at radius 2 is 2.00 bits per heavy atom. The summed E-state index contributed by atoms with van der Waals surface area (Å²) in [4.78, 5) is 40.1. The second kappa shape index (κ2) is 9.73. The number of hydrogen-bond donors (Lipinski definition) is 3. The number of urea groups is 1. The second-order valence-corrected chi connectivity index (χ2v) is 7.61. The van der Waals surface area contributed by atoms with Crippen LogP contribution in [0.1, 0.15) is 49.3 Å². The average molecular weight is 402 g/mol. The number of aryl methyl sites for hydroxylation is 1. The molecule has 0 spiro atoms. The zero-order valence-corrected chi connectivity index (χ0v) is 16.9. The first-order valence-electron chi connectivity index (χ1n) is 10.3. The number of nitrogens with zero attached hydrogens (tertiary/aromatic N) is 2. The minimum absolute atomic E-state index is 0.0110. The highest BCUT2D eigenvalue weighted by Gasteiger charge is 2.35. The van der Waals surface area contributed by atoms with Gasteiger partial charge in [0, 0.05) is 26.6 Å². The molecule has 0 saturated carbocycles. The van der Waals surface area contributed by atoms with Crippen molar-refractivity contribution in [2.45, 2.75) is 50.6 Å². The maximum atomic E-state index is 13.0. The van der Waals surface area contributed by atoms with Crippen LogP contribution in [0.4, 0.5) is 4.79 Å². The van der Waals surface area contributed by atoms with Gasteiger partial charge in [0.25, 0.3) is 0 Å². The number of likely N-dealkylation sites (tertiary alicyclic amines) is 1. The largest absolute Gasteiger partial charge is 0.376 e. The van der Waals surface area contributed by atoms with Gasteiger partial charge in [-0.05, 0) is 43.2 Å². The van der Waals surface area contributed by atoms with Gasteiger partial charge in [-0.25, -0.2) is 4.79 Å². The third-order valence-electron chi connectivity index (χ3n) is 5.83. The van der Waals surface area contributed by atoms with E-state index in [0.29, 0.717) is 13.0 Å². The van der Waals surface area contributed by atoms with Crippen LogP contribution in [0.15, 0.2) is 24.3 Å². The molecule has 29 heavy (non-hydrogen) atoms. The van der Waals surface area contributed by atoms with E-state index in [1.165, 1.54) is 18.2 Å². The number of rotatable bonds is 6. The molecule has 0 aromatic heterocycles. The second-order valence-electron chi connectivity index (χ2n) is 7.61. The number of aliphatic hydroxyl groups is 1. The van der Waals surface area contributed by atoms with Gasteiger partial charge in [0.1, 0.15) is 12.8 Å². The summed E-state index contributed by atoms with van der Waals surface area (Å²) in [6, 6.07) is 7.27. The molecule has 1 heterocycles. The molecule has 1 aliphatic heterocycles. The predicted molar refractivity (Wildman–Crippen MR) is 108 cm³/mol. The molecule has 158 valence electrons. The quantitative estimate of drug-likeness (QED) is 0.621. The molecule has 3 N–H and O–H groups in total. The van der Waals surface area contributed by atoms with Crippen LogP contribution in [0, 0.1) is 0 Å². The molecular formula is C21H30N4O4. The number of benzene rings is 1. The monoisotopic (exact) mass is 402 g/mol. The Morgan fingerprint density at radius 3 is 2.76 bits per heavy atom. The molecule has 2 aliphatic rings. The molecule has 8 nitrogen and oxygen atoms in total. The molecule has 1 aromatic carbocycles. The lowest BCUT2D eigenvalue weighted by Gasteiger charge is -2.30. The van der Waals surface area contributed by atoms with Crippen LogP contribution in [-0.4, -0.2) is 65.7 Å². The Bertz CT molecular complexity index is 754. The summed E-state index contributed by atoms with van der Waals surface area (Å²) >= 11 is 0. The third-order valence-corrected chi connectivity index (χ3v) is 5.83. The predicted octanol–water partition coefficient (Wildman–Crippen LogP) is 1.15. The van der Waals surface area contributed by atoms with Crippen molar-refractivity contribution in [3.05, 3.63) is 35.4 Å². The first kappa shape index (κ1) is 21.1. The maximum absolute atomic E-state index is 13.0. The van der Waals surface area contributed by atoms with Crippen molar-refractivity contribution in [2.24, 2.45) is 0 Å². The normalized spacial score (nSPS) is 20.7. The van der Waals surface area contributed by atoms with Gasteiger partial charge >= 0.3 is 6.03 Å². The minimum atomic E-state index is -0.473. The van der Waals surface area contributed by atoms with E-state index in [4.69, 9.17) is 0 Å². The van der Waals surface area contributed by atoms with Gasteiger partial charge in [-0.3, -0.25) is 9.59 Å². The van der Waals surface area contributed by atoms with E-state index in [0.717, 1.165) is 30.6 Å². The van der Waals surface area contributed by atoms with Crippen molar-refractivity contribution < 1.29 is 19.5 Å². The molecule has 4 amide bonds. The Balaban J connectivity index is 1.59. The Morgan fingerprint density at radius 1 is 1.21 bits per heavy atom. The van der Waals surface area contributed by atoms with Crippen molar-refractivity contribution in [1.82, 2.24) is 20.4 Å². The fraction of sp³-hybridized carbons (Fsp3) is 0.571. The zero-order chi connectivity index (χ0) is 20.8.